The van der Waals surface area contributed by atoms with Crippen molar-refractivity contribution in [1.29, 1.82) is 0 Å². The molecule has 0 radical (unpaired) electrons. The highest BCUT2D eigenvalue weighted by atomic mass is 16.5. The third-order valence-corrected chi connectivity index (χ3v) is 2.76. The van der Waals surface area contributed by atoms with E-state index in [4.69, 9.17) is 14.2 Å². The number of ether oxygens (including phenoxy) is 3. The third kappa shape index (κ3) is 9.89. The van der Waals surface area contributed by atoms with Crippen molar-refractivity contribution in [3.05, 3.63) is 0 Å². The minimum Gasteiger partial charge on any atom is -0.377 e. The van der Waals surface area contributed by atoms with Crippen molar-refractivity contribution in [2.24, 2.45) is 5.92 Å². The van der Waals surface area contributed by atoms with Crippen LogP contribution in [0.2, 0.25) is 0 Å². The number of hydrogen-bond donors (Lipinski definition) is 0. The van der Waals surface area contributed by atoms with Crippen molar-refractivity contribution < 1.29 is 23.8 Å². The number of hydrogen-bond acceptors (Lipinski definition) is 5. The van der Waals surface area contributed by atoms with E-state index >= 15 is 0 Å². The summed E-state index contributed by atoms with van der Waals surface area (Å²) >= 11 is 0. The van der Waals surface area contributed by atoms with Gasteiger partial charge < -0.3 is 19.1 Å². The summed E-state index contributed by atoms with van der Waals surface area (Å²) in [6, 6.07) is 0. The number of amides is 1. The highest BCUT2D eigenvalue weighted by molar-refractivity contribution is 5.81. The second-order valence-corrected chi connectivity index (χ2v) is 4.75. The molecule has 0 aliphatic heterocycles. The smallest absolute Gasteiger partial charge is 0.248 e. The van der Waals surface area contributed by atoms with Gasteiger partial charge in [-0.3, -0.25) is 9.59 Å². The predicted molar refractivity (Wildman–Crippen MR) is 75.6 cm³/mol. The first-order chi connectivity index (χ1) is 9.49. The number of rotatable bonds is 12. The molecule has 0 aromatic rings. The summed E-state index contributed by atoms with van der Waals surface area (Å²) in [5.74, 6) is 0.0537. The number of Topliss-reactive ketones (excluding diaryl/α,β-unsaturated/α-hetero) is 1. The summed E-state index contributed by atoms with van der Waals surface area (Å²) in [6.45, 7) is 8.05. The summed E-state index contributed by atoms with van der Waals surface area (Å²) in [5, 5.41) is 0. The quantitative estimate of drug-likeness (QED) is 0.496. The van der Waals surface area contributed by atoms with Crippen LogP contribution in [0.5, 0.6) is 0 Å². The zero-order chi connectivity index (χ0) is 15.4. The number of carbonyl (C=O) groups is 2. The number of likely N-dealkylation sites (N-methyl/N-ethyl adjacent to an activating group) is 1. The Hall–Kier alpha value is -0.980. The van der Waals surface area contributed by atoms with Gasteiger partial charge in [0.1, 0.15) is 13.2 Å². The molecule has 118 valence electrons. The molecule has 0 atom stereocenters. The maximum Gasteiger partial charge on any atom is 0.248 e. The van der Waals surface area contributed by atoms with E-state index in [1.54, 1.807) is 11.9 Å². The van der Waals surface area contributed by atoms with Crippen molar-refractivity contribution in [1.82, 2.24) is 4.90 Å². The van der Waals surface area contributed by atoms with Crippen LogP contribution < -0.4 is 0 Å². The summed E-state index contributed by atoms with van der Waals surface area (Å²) in [6.07, 6.45) is 0. The normalized spacial score (nSPS) is 10.8. The van der Waals surface area contributed by atoms with E-state index < -0.39 is 0 Å². The molecule has 0 spiro atoms. The van der Waals surface area contributed by atoms with Gasteiger partial charge in [0.15, 0.2) is 5.78 Å². The molecular formula is C14H27NO5. The van der Waals surface area contributed by atoms with Gasteiger partial charge in [0.05, 0.1) is 26.4 Å². The van der Waals surface area contributed by atoms with E-state index in [9.17, 15) is 9.59 Å². The first-order valence-electron chi connectivity index (χ1n) is 6.98. The molecule has 0 rings (SSSR count). The van der Waals surface area contributed by atoms with Crippen molar-refractivity contribution in [2.75, 3.05) is 53.2 Å². The Morgan fingerprint density at radius 1 is 0.950 bits per heavy atom. The maximum atomic E-state index is 11.4. The topological polar surface area (TPSA) is 65.1 Å². The lowest BCUT2D eigenvalue weighted by atomic mass is 10.1. The number of nitrogens with zero attached hydrogens (tertiary/aromatic N) is 1. The second kappa shape index (κ2) is 11.8. The average molecular weight is 289 g/mol. The zero-order valence-corrected chi connectivity index (χ0v) is 13.0. The van der Waals surface area contributed by atoms with Crippen molar-refractivity contribution in [2.45, 2.75) is 20.8 Å². The van der Waals surface area contributed by atoms with E-state index in [1.807, 2.05) is 20.8 Å². The molecule has 6 nitrogen and oxygen atoms in total. The summed E-state index contributed by atoms with van der Waals surface area (Å²) < 4.78 is 15.6. The SMILES string of the molecule is CCN(C)C(=O)COCCOCCOCC(=O)C(C)C. The standard InChI is InChI=1S/C14H27NO5/c1-5-15(4)14(17)11-20-9-7-18-6-8-19-10-13(16)12(2)3/h12H,5-11H2,1-4H3. The van der Waals surface area contributed by atoms with Crippen molar-refractivity contribution in [3.63, 3.8) is 0 Å². The minimum absolute atomic E-state index is 0.00288. The molecule has 20 heavy (non-hydrogen) atoms. The third-order valence-electron chi connectivity index (χ3n) is 2.76. The lowest BCUT2D eigenvalue weighted by Gasteiger charge is -2.14. The van der Waals surface area contributed by atoms with Gasteiger partial charge in [0.2, 0.25) is 5.91 Å². The lowest BCUT2D eigenvalue weighted by Crippen LogP contribution is -2.30. The van der Waals surface area contributed by atoms with Crippen molar-refractivity contribution in [3.8, 4) is 0 Å². The lowest BCUT2D eigenvalue weighted by molar-refractivity contribution is -0.135. The zero-order valence-electron chi connectivity index (χ0n) is 13.0. The van der Waals surface area contributed by atoms with Gasteiger partial charge in [-0.25, -0.2) is 0 Å². The molecule has 0 fully saturated rings. The summed E-state index contributed by atoms with van der Waals surface area (Å²) in [7, 11) is 1.73. The number of ketones is 1. The molecule has 0 N–H and O–H groups in total. The van der Waals surface area contributed by atoms with Crippen LogP contribution in [-0.2, 0) is 23.8 Å². The molecule has 1 amide bonds. The maximum absolute atomic E-state index is 11.4. The Kier molecular flexibility index (Phi) is 11.2. The second-order valence-electron chi connectivity index (χ2n) is 4.75. The van der Waals surface area contributed by atoms with Crippen LogP contribution in [-0.4, -0.2) is 69.8 Å². The molecular weight excluding hydrogens is 262 g/mol. The first kappa shape index (κ1) is 19.0. The van der Waals surface area contributed by atoms with Crippen LogP contribution in [0.1, 0.15) is 20.8 Å². The first-order valence-corrected chi connectivity index (χ1v) is 6.98. The van der Waals surface area contributed by atoms with Crippen molar-refractivity contribution >= 4 is 11.7 Å². The molecule has 0 aromatic heterocycles. The summed E-state index contributed by atoms with van der Waals surface area (Å²) in [5.41, 5.74) is 0. The Morgan fingerprint density at radius 2 is 1.45 bits per heavy atom. The van der Waals surface area contributed by atoms with Crippen LogP contribution in [0.4, 0.5) is 0 Å². The van der Waals surface area contributed by atoms with Gasteiger partial charge in [0.25, 0.3) is 0 Å². The van der Waals surface area contributed by atoms with E-state index in [1.165, 1.54) is 0 Å². The average Bonchev–Trinajstić information content (AvgIpc) is 2.43. The molecule has 0 aromatic carbocycles. The van der Waals surface area contributed by atoms with Gasteiger partial charge in [-0.1, -0.05) is 13.8 Å². The van der Waals surface area contributed by atoms with Gasteiger partial charge in [-0.2, -0.15) is 0 Å². The Morgan fingerprint density at radius 3 is 1.95 bits per heavy atom. The highest BCUT2D eigenvalue weighted by Crippen LogP contribution is 1.94. The Balaban J connectivity index is 3.29. The molecule has 0 saturated heterocycles. The molecule has 0 aliphatic rings. The number of carbonyl (C=O) groups excluding carboxylic acids is 2. The van der Waals surface area contributed by atoms with Crippen LogP contribution in [0.3, 0.4) is 0 Å². The van der Waals surface area contributed by atoms with E-state index in [2.05, 4.69) is 0 Å². The molecule has 0 saturated carbocycles. The fourth-order valence-corrected chi connectivity index (χ4v) is 1.12. The van der Waals surface area contributed by atoms with Gasteiger partial charge in [-0.15, -0.1) is 0 Å². The molecule has 0 bridgehead atoms. The highest BCUT2D eigenvalue weighted by Gasteiger charge is 2.07. The molecule has 0 unspecified atom stereocenters. The molecule has 0 heterocycles. The van der Waals surface area contributed by atoms with Gasteiger partial charge in [-0.05, 0) is 6.92 Å². The van der Waals surface area contributed by atoms with Gasteiger partial charge in [0, 0.05) is 19.5 Å². The Labute approximate surface area is 121 Å². The van der Waals surface area contributed by atoms with Crippen LogP contribution in [0, 0.1) is 5.92 Å². The fourth-order valence-electron chi connectivity index (χ4n) is 1.12. The van der Waals surface area contributed by atoms with Crippen LogP contribution in [0.15, 0.2) is 0 Å². The van der Waals surface area contributed by atoms with Crippen LogP contribution in [0.25, 0.3) is 0 Å². The minimum atomic E-state index is -0.0389. The van der Waals surface area contributed by atoms with Crippen LogP contribution >= 0.6 is 0 Å². The Bertz CT molecular complexity index is 281. The van der Waals surface area contributed by atoms with Gasteiger partial charge >= 0.3 is 0 Å². The fraction of sp³-hybridized carbons (Fsp3) is 0.857. The molecule has 0 aliphatic carbocycles. The van der Waals surface area contributed by atoms with E-state index in [-0.39, 0.29) is 30.8 Å². The van der Waals surface area contributed by atoms with E-state index in [0.29, 0.717) is 33.0 Å². The summed E-state index contributed by atoms with van der Waals surface area (Å²) in [4.78, 5) is 24.2. The predicted octanol–water partition coefficient (Wildman–Crippen LogP) is 0.740. The molecule has 6 heteroatoms. The monoisotopic (exact) mass is 289 g/mol. The van der Waals surface area contributed by atoms with E-state index in [0.717, 1.165) is 0 Å². The largest absolute Gasteiger partial charge is 0.377 e.